The molecule has 1 N–H and O–H groups in total. The van der Waals surface area contributed by atoms with Gasteiger partial charge in [0.15, 0.2) is 0 Å². The predicted molar refractivity (Wildman–Crippen MR) is 436 cm³/mol. The molecule has 4 heterocycles. The molecule has 488 valence electrons. The van der Waals surface area contributed by atoms with E-state index in [0.717, 1.165) is 15.8 Å². The average Bonchev–Trinajstić information content (AvgIpc) is 1.64. The molecular weight excluding hydrogens is 1310 g/mol. The molecule has 0 aliphatic heterocycles. The first-order chi connectivity index (χ1) is 51.0. The van der Waals surface area contributed by atoms with Crippen molar-refractivity contribution < 1.29 is 0 Å². The number of rotatable bonds is 11. The lowest BCUT2D eigenvalue weighted by molar-refractivity contribution is 0.744. The van der Waals surface area contributed by atoms with E-state index in [2.05, 4.69) is 447 Å². The summed E-state index contributed by atoms with van der Waals surface area (Å²) in [5.74, 6) is 0. The van der Waals surface area contributed by atoms with Crippen LogP contribution in [0.5, 0.6) is 0 Å². The maximum Gasteiger partial charge on any atom is 0.0702 e. The Morgan fingerprint density at radius 2 is 0.456 bits per heavy atom. The second kappa shape index (κ2) is 26.7. The molecule has 20 rings (SSSR count). The van der Waals surface area contributed by atoms with E-state index < -0.39 is 5.41 Å². The summed E-state index contributed by atoms with van der Waals surface area (Å²) >= 11 is 3.67. The zero-order valence-electron chi connectivity index (χ0n) is 56.5. The van der Waals surface area contributed by atoms with E-state index in [1.165, 1.54) is 137 Å². The summed E-state index contributed by atoms with van der Waals surface area (Å²) in [5.41, 5.74) is 22.2. The number of para-hydroxylation sites is 6. The molecule has 0 atom stereocenters. The maximum atomic E-state index is 3.67. The van der Waals surface area contributed by atoms with Gasteiger partial charge in [-0.15, -0.1) is 0 Å². The van der Waals surface area contributed by atoms with Crippen LogP contribution < -0.4 is 0 Å². The number of hydrogen-bond donors (Lipinski definition) is 1. The van der Waals surface area contributed by atoms with Crippen molar-refractivity contribution in [1.82, 2.24) is 18.7 Å². The maximum absolute atomic E-state index is 3.67. The summed E-state index contributed by atoms with van der Waals surface area (Å²) in [7, 11) is 0. The van der Waals surface area contributed by atoms with Gasteiger partial charge in [-0.1, -0.05) is 331 Å². The van der Waals surface area contributed by atoms with Gasteiger partial charge in [-0.05, 0) is 142 Å². The zero-order chi connectivity index (χ0) is 68.7. The fourth-order valence-electron chi connectivity index (χ4n) is 16.5. The van der Waals surface area contributed by atoms with Crippen LogP contribution in [0.15, 0.2) is 417 Å². The molecule has 0 aliphatic rings. The third kappa shape index (κ3) is 10.7. The molecule has 20 aromatic rings. The van der Waals surface area contributed by atoms with Gasteiger partial charge in [0.2, 0.25) is 0 Å². The number of nitrogens with one attached hydrogen (secondary N) is 1. The Balaban J connectivity index is 0.000000122. The number of aromatic amines is 1. The van der Waals surface area contributed by atoms with E-state index in [-0.39, 0.29) is 5.41 Å². The largest absolute Gasteiger partial charge is 0.355 e. The first-order valence-corrected chi connectivity index (χ1v) is 36.0. The molecule has 0 amide bonds. The van der Waals surface area contributed by atoms with Gasteiger partial charge in [-0.2, -0.15) is 0 Å². The van der Waals surface area contributed by atoms with Gasteiger partial charge in [0.25, 0.3) is 0 Å². The van der Waals surface area contributed by atoms with Crippen LogP contribution in [0.2, 0.25) is 0 Å². The Morgan fingerprint density at radius 3 is 0.845 bits per heavy atom. The standard InChI is InChI=1S/C49H34N2.C25H19Br.C24H16N2/c1-4-17-35(18-5-1)49(36-19-6-2-7-20-36,37-21-8-3-9-22-37)38-23-16-24-39(33-38)50-47-30-15-12-27-43(47)44-34-40(31-32-48(44)50)51-45-28-13-10-25-41(45)42-26-11-14-29-46(42)51;26-24-18-10-17-23(19-24)25(20-11-4-1-5-12-20,21-13-6-2-7-14-21)22-15-8-3-9-16-22;1-4-10-21-17(7-1)20-15-16(13-14-22(20)25-21)26-23-11-5-2-8-18(23)19-9-3-6-12-24(19)26/h1-34H;1-19H;1-15,25H. The number of halogens is 1. The van der Waals surface area contributed by atoms with Crippen LogP contribution in [0.4, 0.5) is 0 Å². The molecule has 0 bridgehead atoms. The number of benzene rings is 16. The van der Waals surface area contributed by atoms with Crippen LogP contribution in [0.25, 0.3) is 104 Å². The molecule has 0 saturated heterocycles. The first-order valence-electron chi connectivity index (χ1n) is 35.2. The van der Waals surface area contributed by atoms with Crippen molar-refractivity contribution in [3.63, 3.8) is 0 Å². The molecule has 0 saturated carbocycles. The normalized spacial score (nSPS) is 11.7. The molecule has 0 aliphatic carbocycles. The SMILES string of the molecule is Brc1cccc(C(c2ccccc2)(c2ccccc2)c2ccccc2)c1.c1ccc(C(c2ccccc2)(c2ccccc2)c2cccc(-n3c4ccccc4c4cc(-n5c6ccccc6c6ccccc65)ccc43)c2)cc1.c1ccc2c(c1)[nH]c1ccc(-n3c4ccccc4c4ccccc43)cc12. The summed E-state index contributed by atoms with van der Waals surface area (Å²) in [6.45, 7) is 0. The monoisotopic (exact) mass is 1380 g/mol. The van der Waals surface area contributed by atoms with Crippen LogP contribution in [-0.4, -0.2) is 18.7 Å². The van der Waals surface area contributed by atoms with Crippen molar-refractivity contribution in [2.45, 2.75) is 10.8 Å². The van der Waals surface area contributed by atoms with Crippen molar-refractivity contribution in [2.24, 2.45) is 0 Å². The summed E-state index contributed by atoms with van der Waals surface area (Å²) in [6, 6.07) is 149. The Labute approximate surface area is 607 Å². The van der Waals surface area contributed by atoms with Gasteiger partial charge < -0.3 is 18.7 Å². The van der Waals surface area contributed by atoms with Crippen molar-refractivity contribution in [1.29, 1.82) is 0 Å². The van der Waals surface area contributed by atoms with E-state index in [1.807, 2.05) is 0 Å². The lowest BCUT2D eigenvalue weighted by atomic mass is 9.65. The van der Waals surface area contributed by atoms with Crippen LogP contribution in [-0.2, 0) is 10.8 Å². The van der Waals surface area contributed by atoms with Gasteiger partial charge in [-0.25, -0.2) is 0 Å². The first kappa shape index (κ1) is 62.5. The van der Waals surface area contributed by atoms with Crippen LogP contribution >= 0.6 is 15.9 Å². The fourth-order valence-corrected chi connectivity index (χ4v) is 16.9. The molecular formula is C98H69BrN4. The molecule has 5 heteroatoms. The van der Waals surface area contributed by atoms with E-state index in [0.29, 0.717) is 0 Å². The minimum Gasteiger partial charge on any atom is -0.355 e. The van der Waals surface area contributed by atoms with Crippen LogP contribution in [0, 0.1) is 0 Å². The van der Waals surface area contributed by atoms with E-state index in [1.54, 1.807) is 0 Å². The van der Waals surface area contributed by atoms with Crippen molar-refractivity contribution in [2.75, 3.05) is 0 Å². The summed E-state index contributed by atoms with van der Waals surface area (Å²) in [6.07, 6.45) is 0. The quantitative estimate of drug-likeness (QED) is 0.125. The number of nitrogens with zero attached hydrogens (tertiary/aromatic N) is 3. The second-order valence-electron chi connectivity index (χ2n) is 26.5. The molecule has 4 nitrogen and oxygen atoms in total. The van der Waals surface area contributed by atoms with Crippen molar-refractivity contribution in [3.05, 3.63) is 461 Å². The smallest absolute Gasteiger partial charge is 0.0702 e. The van der Waals surface area contributed by atoms with Gasteiger partial charge in [-0.3, -0.25) is 0 Å². The lowest BCUT2D eigenvalue weighted by Gasteiger charge is -2.37. The molecule has 4 aromatic heterocycles. The van der Waals surface area contributed by atoms with Crippen molar-refractivity contribution in [3.8, 4) is 17.1 Å². The zero-order valence-corrected chi connectivity index (χ0v) is 58.1. The van der Waals surface area contributed by atoms with Crippen LogP contribution in [0.3, 0.4) is 0 Å². The molecule has 0 unspecified atom stereocenters. The number of fused-ring (bicyclic) bond motifs is 12. The fraction of sp³-hybridized carbons (Fsp3) is 0.0204. The third-order valence-electron chi connectivity index (χ3n) is 20.9. The van der Waals surface area contributed by atoms with Crippen molar-refractivity contribution >= 4 is 103 Å². The highest BCUT2D eigenvalue weighted by Gasteiger charge is 2.40. The van der Waals surface area contributed by atoms with E-state index in [9.17, 15) is 0 Å². The van der Waals surface area contributed by atoms with E-state index >= 15 is 0 Å². The molecule has 0 fully saturated rings. The Kier molecular flexibility index (Phi) is 16.2. The third-order valence-corrected chi connectivity index (χ3v) is 21.4. The summed E-state index contributed by atoms with van der Waals surface area (Å²) < 4.78 is 8.30. The number of aromatic nitrogens is 4. The summed E-state index contributed by atoms with van der Waals surface area (Å²) in [5, 5.41) is 10.1. The Bertz CT molecular complexity index is 6130. The highest BCUT2D eigenvalue weighted by atomic mass is 79.9. The average molecular weight is 1380 g/mol. The van der Waals surface area contributed by atoms with Gasteiger partial charge in [0.1, 0.15) is 0 Å². The molecule has 103 heavy (non-hydrogen) atoms. The summed E-state index contributed by atoms with van der Waals surface area (Å²) in [4.78, 5) is 3.52. The topological polar surface area (TPSA) is 30.6 Å². The Morgan fingerprint density at radius 1 is 0.184 bits per heavy atom. The molecule has 0 radical (unpaired) electrons. The highest BCUT2D eigenvalue weighted by Crippen LogP contribution is 2.48. The van der Waals surface area contributed by atoms with Gasteiger partial charge >= 0.3 is 0 Å². The minimum atomic E-state index is -0.526. The molecule has 0 spiro atoms. The second-order valence-corrected chi connectivity index (χ2v) is 27.4. The van der Waals surface area contributed by atoms with Gasteiger partial charge in [0.05, 0.1) is 43.9 Å². The Hall–Kier alpha value is -12.8. The lowest BCUT2D eigenvalue weighted by Crippen LogP contribution is -2.31. The number of H-pyrrole nitrogens is 1. The van der Waals surface area contributed by atoms with Crippen LogP contribution in [0.1, 0.15) is 44.5 Å². The molecule has 16 aromatic carbocycles. The highest BCUT2D eigenvalue weighted by molar-refractivity contribution is 9.10. The minimum absolute atomic E-state index is 0.367. The van der Waals surface area contributed by atoms with E-state index in [4.69, 9.17) is 0 Å². The predicted octanol–water partition coefficient (Wildman–Crippen LogP) is 25.5. The number of hydrogen-bond acceptors (Lipinski definition) is 0. The van der Waals surface area contributed by atoms with Gasteiger partial charge in [0, 0.05) is 75.7 Å².